The Bertz CT molecular complexity index is 346. The van der Waals surface area contributed by atoms with Crippen molar-refractivity contribution < 1.29 is 19.4 Å². The summed E-state index contributed by atoms with van der Waals surface area (Å²) in [6, 6.07) is 0. The molecule has 0 aliphatic rings. The van der Waals surface area contributed by atoms with Crippen LogP contribution in [-0.2, 0) is 4.74 Å². The van der Waals surface area contributed by atoms with Crippen molar-refractivity contribution in [1.82, 2.24) is 5.32 Å². The third-order valence-corrected chi connectivity index (χ3v) is 3.55. The quantitative estimate of drug-likeness (QED) is 0.336. The Morgan fingerprint density at radius 3 is 2.21 bits per heavy atom. The molecule has 0 fully saturated rings. The molecule has 0 saturated carbocycles. The van der Waals surface area contributed by atoms with Gasteiger partial charge in [0.25, 0.3) is 0 Å². The number of unbranched alkanes of at least 4 members (excludes halogenated alkanes) is 10. The Morgan fingerprint density at radius 2 is 1.54 bits per heavy atom. The predicted octanol–water partition coefficient (Wildman–Crippen LogP) is 4.99. The van der Waals surface area contributed by atoms with Crippen molar-refractivity contribution in [3.63, 3.8) is 0 Å². The SMILES string of the molecule is [CH2]CCCCCCCCCOC(=O)[N]CCCCCC=NC(=O)O. The summed E-state index contributed by atoms with van der Waals surface area (Å²) in [5.41, 5.74) is 0. The van der Waals surface area contributed by atoms with E-state index in [4.69, 9.17) is 9.84 Å². The maximum atomic E-state index is 11.4. The first-order valence-electron chi connectivity index (χ1n) is 9.05. The fraction of sp³-hybridized carbons (Fsp3) is 0.778. The minimum absolute atomic E-state index is 0.451. The van der Waals surface area contributed by atoms with E-state index in [-0.39, 0.29) is 0 Å². The summed E-state index contributed by atoms with van der Waals surface area (Å²) in [6.45, 7) is 4.74. The van der Waals surface area contributed by atoms with Gasteiger partial charge >= 0.3 is 12.2 Å². The minimum atomic E-state index is -1.17. The van der Waals surface area contributed by atoms with Crippen LogP contribution in [0.15, 0.2) is 4.99 Å². The average molecular weight is 340 g/mol. The second-order valence-corrected chi connectivity index (χ2v) is 5.77. The molecule has 0 aromatic heterocycles. The van der Waals surface area contributed by atoms with Gasteiger partial charge in [-0.2, -0.15) is 4.99 Å². The van der Waals surface area contributed by atoms with Crippen molar-refractivity contribution >= 4 is 18.4 Å². The molecule has 0 aliphatic carbocycles. The predicted molar refractivity (Wildman–Crippen MR) is 95.6 cm³/mol. The van der Waals surface area contributed by atoms with Crippen molar-refractivity contribution in [3.05, 3.63) is 6.92 Å². The Labute approximate surface area is 146 Å². The van der Waals surface area contributed by atoms with Gasteiger partial charge in [-0.25, -0.2) is 14.9 Å². The maximum absolute atomic E-state index is 11.4. The van der Waals surface area contributed by atoms with Crippen molar-refractivity contribution in [2.45, 2.75) is 77.0 Å². The fourth-order valence-corrected chi connectivity index (χ4v) is 2.21. The van der Waals surface area contributed by atoms with E-state index < -0.39 is 12.2 Å². The number of carboxylic acid groups (broad SMARTS) is 1. The summed E-state index contributed by atoms with van der Waals surface area (Å²) in [5, 5.41) is 12.2. The molecule has 2 radical (unpaired) electrons. The highest BCUT2D eigenvalue weighted by Crippen LogP contribution is 2.08. The number of rotatable bonds is 15. The first-order chi connectivity index (χ1) is 11.7. The number of hydrogen-bond donors (Lipinski definition) is 1. The van der Waals surface area contributed by atoms with Crippen LogP contribution < -0.4 is 5.32 Å². The highest BCUT2D eigenvalue weighted by atomic mass is 16.5. The zero-order valence-corrected chi connectivity index (χ0v) is 14.8. The van der Waals surface area contributed by atoms with Gasteiger partial charge < -0.3 is 9.84 Å². The molecule has 0 aromatic carbocycles. The normalized spacial score (nSPS) is 10.9. The molecule has 138 valence electrons. The van der Waals surface area contributed by atoms with E-state index in [1.807, 2.05) is 0 Å². The molecule has 0 atom stereocenters. The van der Waals surface area contributed by atoms with Crippen LogP contribution >= 0.6 is 0 Å². The number of hydrogen-bond acceptors (Lipinski definition) is 3. The highest BCUT2D eigenvalue weighted by molar-refractivity contribution is 5.77. The zero-order valence-electron chi connectivity index (χ0n) is 14.8. The second kappa shape index (κ2) is 17.8. The van der Waals surface area contributed by atoms with Crippen molar-refractivity contribution in [2.24, 2.45) is 4.99 Å². The van der Waals surface area contributed by atoms with Crippen molar-refractivity contribution in [1.29, 1.82) is 0 Å². The van der Waals surface area contributed by atoms with Crippen LogP contribution in [0, 0.1) is 6.92 Å². The lowest BCUT2D eigenvalue weighted by molar-refractivity contribution is 0.142. The first-order valence-corrected chi connectivity index (χ1v) is 9.05. The molecule has 0 spiro atoms. The summed E-state index contributed by atoms with van der Waals surface area (Å²) in [7, 11) is 0. The van der Waals surface area contributed by atoms with Crippen molar-refractivity contribution in [2.75, 3.05) is 13.2 Å². The lowest BCUT2D eigenvalue weighted by Gasteiger charge is -2.05. The summed E-state index contributed by atoms with van der Waals surface area (Å²) >= 11 is 0. The molecule has 0 saturated heterocycles. The number of carbonyl (C=O) groups excluding carboxylic acids is 1. The smallest absolute Gasteiger partial charge is 0.430 e. The van der Waals surface area contributed by atoms with Crippen LogP contribution in [0.2, 0.25) is 0 Å². The molecule has 6 nitrogen and oxygen atoms in total. The van der Waals surface area contributed by atoms with E-state index in [1.54, 1.807) is 0 Å². The largest absolute Gasteiger partial charge is 0.463 e. The topological polar surface area (TPSA) is 90.1 Å². The molecule has 24 heavy (non-hydrogen) atoms. The van der Waals surface area contributed by atoms with Crippen LogP contribution in [0.1, 0.15) is 77.0 Å². The van der Waals surface area contributed by atoms with Crippen LogP contribution in [0.25, 0.3) is 0 Å². The third kappa shape index (κ3) is 18.5. The number of amides is 2. The lowest BCUT2D eigenvalue weighted by Crippen LogP contribution is -2.18. The van der Waals surface area contributed by atoms with Gasteiger partial charge in [-0.05, 0) is 25.7 Å². The van der Waals surface area contributed by atoms with E-state index in [9.17, 15) is 9.59 Å². The summed E-state index contributed by atoms with van der Waals surface area (Å²) in [5.74, 6) is 0. The molecule has 0 heterocycles. The van der Waals surface area contributed by atoms with Crippen LogP contribution in [-0.4, -0.2) is 36.7 Å². The standard InChI is InChI=1S/C18H32N2O4/c1-2-3-4-5-6-7-10-13-16-24-18(23)20-15-12-9-8-11-14-19-17(21)22/h14H,1-13,15-16H2,(H,21,22). The molecular weight excluding hydrogens is 308 g/mol. The molecular formula is C18H32N2O4. The van der Waals surface area contributed by atoms with Gasteiger partial charge in [-0.15, -0.1) is 0 Å². The number of nitrogens with zero attached hydrogens (tertiary/aromatic N) is 2. The molecule has 0 rings (SSSR count). The highest BCUT2D eigenvalue weighted by Gasteiger charge is 2.02. The molecule has 2 amide bonds. The minimum Gasteiger partial charge on any atom is -0.463 e. The second-order valence-electron chi connectivity index (χ2n) is 5.77. The van der Waals surface area contributed by atoms with E-state index >= 15 is 0 Å². The molecule has 0 bridgehead atoms. The Hall–Kier alpha value is -1.59. The van der Waals surface area contributed by atoms with Gasteiger partial charge in [0.15, 0.2) is 0 Å². The van der Waals surface area contributed by atoms with Gasteiger partial charge in [-0.3, -0.25) is 0 Å². The Balaban J connectivity index is 3.23. The first kappa shape index (κ1) is 22.4. The van der Waals surface area contributed by atoms with Crippen LogP contribution in [0.5, 0.6) is 0 Å². The summed E-state index contributed by atoms with van der Waals surface area (Å²) < 4.78 is 5.06. The van der Waals surface area contributed by atoms with Gasteiger partial charge in [-0.1, -0.05) is 58.3 Å². The van der Waals surface area contributed by atoms with Gasteiger partial charge in [0, 0.05) is 12.8 Å². The zero-order chi connectivity index (χ0) is 17.9. The maximum Gasteiger partial charge on any atom is 0.430 e. The molecule has 6 heteroatoms. The van der Waals surface area contributed by atoms with Crippen LogP contribution in [0.4, 0.5) is 9.59 Å². The lowest BCUT2D eigenvalue weighted by atomic mass is 10.1. The Morgan fingerprint density at radius 1 is 0.917 bits per heavy atom. The number of ether oxygens (including phenoxy) is 1. The monoisotopic (exact) mass is 340 g/mol. The van der Waals surface area contributed by atoms with E-state index in [2.05, 4.69) is 17.2 Å². The molecule has 1 N–H and O–H groups in total. The van der Waals surface area contributed by atoms with E-state index in [0.29, 0.717) is 19.6 Å². The number of aliphatic imine (C=N–C) groups is 1. The Kier molecular flexibility index (Phi) is 16.6. The van der Waals surface area contributed by atoms with Crippen molar-refractivity contribution in [3.8, 4) is 0 Å². The van der Waals surface area contributed by atoms with E-state index in [0.717, 1.165) is 38.5 Å². The third-order valence-electron chi connectivity index (χ3n) is 3.55. The molecule has 0 unspecified atom stereocenters. The number of carbonyl (C=O) groups is 2. The van der Waals surface area contributed by atoms with Gasteiger partial charge in [0.2, 0.25) is 0 Å². The summed E-state index contributed by atoms with van der Waals surface area (Å²) in [6.07, 6.45) is 12.1. The average Bonchev–Trinajstić information content (AvgIpc) is 2.55. The molecule has 0 aromatic rings. The fourth-order valence-electron chi connectivity index (χ4n) is 2.21. The summed E-state index contributed by atoms with van der Waals surface area (Å²) in [4.78, 5) is 24.8. The van der Waals surface area contributed by atoms with Gasteiger partial charge in [0.05, 0.1) is 6.61 Å². The molecule has 0 aliphatic heterocycles. The van der Waals surface area contributed by atoms with Gasteiger partial charge in [0.1, 0.15) is 0 Å². The van der Waals surface area contributed by atoms with E-state index in [1.165, 1.54) is 38.3 Å². The van der Waals surface area contributed by atoms with Crippen LogP contribution in [0.3, 0.4) is 0 Å².